The lowest BCUT2D eigenvalue weighted by atomic mass is 10.1. The van der Waals surface area contributed by atoms with Gasteiger partial charge in [0.1, 0.15) is 30.4 Å². The monoisotopic (exact) mass is 632 g/mol. The number of carboxylic acid groups (broad SMARTS) is 1. The zero-order valence-electron chi connectivity index (χ0n) is 27.0. The summed E-state index contributed by atoms with van der Waals surface area (Å²) in [5.41, 5.74) is 1.83. The van der Waals surface area contributed by atoms with Crippen molar-refractivity contribution >= 4 is 35.7 Å². The third kappa shape index (κ3) is 13.9. The number of allylic oxidation sites excluding steroid dienone is 1. The number of ketones is 1. The molecular weight excluding hydrogens is 592 g/mol. The van der Waals surface area contributed by atoms with Gasteiger partial charge in [0, 0.05) is 44.0 Å². The number of likely N-dealkylation sites (N-methyl/N-ethyl adjacent to an activating group) is 2. The van der Waals surface area contributed by atoms with E-state index in [0.29, 0.717) is 47.0 Å². The van der Waals surface area contributed by atoms with Crippen LogP contribution < -0.4 is 30.7 Å². The Kier molecular flexibility index (Phi) is 16.5. The number of carbonyl (C=O) groups excluding carboxylic acids is 3. The summed E-state index contributed by atoms with van der Waals surface area (Å²) in [7, 11) is 3.62. The van der Waals surface area contributed by atoms with Crippen molar-refractivity contribution in [3.8, 4) is 23.6 Å². The molecule has 0 heterocycles. The summed E-state index contributed by atoms with van der Waals surface area (Å²) in [6.45, 7) is 8.56. The Balaban J connectivity index is 0.000000460. The standard InChI is InChI=1S/C17H21N3O3.C16H19N3O4/c1-11(19-4)10-23-17-7-14(9-18)5-6-15(17)8-16(12(2)21)20-13(3)22;1-10(18-3)9-23-15-6-12(8-17)4-5-13(15)7-14(16(21)22)19-11(2)20/h5-8,11,19H,10H2,1-4H3,(H,20,22);4-7,10,18H,9H2,1-3H3,(H,19,20)(H,21,22)/b16-8-;14-7-. The molecule has 13 nitrogen and oxygen atoms in total. The molecule has 0 aliphatic carbocycles. The molecule has 0 saturated heterocycles. The van der Waals surface area contributed by atoms with Gasteiger partial charge in [-0.1, -0.05) is 0 Å². The Hall–Kier alpha value is -5.50. The molecule has 0 bridgehead atoms. The molecule has 5 N–H and O–H groups in total. The third-order valence-electron chi connectivity index (χ3n) is 6.08. The van der Waals surface area contributed by atoms with E-state index < -0.39 is 11.9 Å². The highest BCUT2D eigenvalue weighted by atomic mass is 16.5. The average Bonchev–Trinajstić information content (AvgIpc) is 3.02. The third-order valence-corrected chi connectivity index (χ3v) is 6.08. The van der Waals surface area contributed by atoms with Gasteiger partial charge in [-0.15, -0.1) is 0 Å². The molecular formula is C33H40N6O7. The number of Topliss-reactive ketones (excluding diaryl/α,β-unsaturated/α-hetero) is 1. The first kappa shape index (κ1) is 38.5. The minimum absolute atomic E-state index is 0.0758. The molecule has 0 aromatic heterocycles. The molecule has 0 saturated carbocycles. The van der Waals surface area contributed by atoms with Crippen LogP contribution in [0.15, 0.2) is 47.8 Å². The van der Waals surface area contributed by atoms with Crippen molar-refractivity contribution in [2.24, 2.45) is 0 Å². The number of hydrogen-bond donors (Lipinski definition) is 5. The molecule has 2 aromatic carbocycles. The van der Waals surface area contributed by atoms with E-state index in [1.54, 1.807) is 43.5 Å². The maximum absolute atomic E-state index is 11.6. The Morgan fingerprint density at radius 2 is 1.15 bits per heavy atom. The minimum Gasteiger partial charge on any atom is -0.491 e. The Morgan fingerprint density at radius 3 is 1.48 bits per heavy atom. The second kappa shape index (κ2) is 19.7. The van der Waals surface area contributed by atoms with Crippen LogP contribution in [0.4, 0.5) is 0 Å². The number of nitrogens with one attached hydrogen (secondary N) is 4. The van der Waals surface area contributed by atoms with Crippen LogP contribution in [0, 0.1) is 22.7 Å². The molecule has 46 heavy (non-hydrogen) atoms. The van der Waals surface area contributed by atoms with E-state index in [2.05, 4.69) is 27.3 Å². The first-order valence-corrected chi connectivity index (χ1v) is 14.2. The van der Waals surface area contributed by atoms with Crippen molar-refractivity contribution in [1.29, 1.82) is 10.5 Å². The molecule has 0 aliphatic rings. The normalized spacial score (nSPS) is 12.2. The van der Waals surface area contributed by atoms with Crippen LogP contribution >= 0.6 is 0 Å². The van der Waals surface area contributed by atoms with Crippen LogP contribution in [0.3, 0.4) is 0 Å². The van der Waals surface area contributed by atoms with Crippen molar-refractivity contribution in [3.05, 3.63) is 70.0 Å². The van der Waals surface area contributed by atoms with E-state index in [1.807, 2.05) is 27.0 Å². The number of amides is 2. The zero-order chi connectivity index (χ0) is 34.8. The van der Waals surface area contributed by atoms with Crippen LogP contribution in [-0.4, -0.2) is 68.1 Å². The molecule has 2 rings (SSSR count). The lowest BCUT2D eigenvalue weighted by Gasteiger charge is -2.15. The molecule has 2 aromatic rings. The summed E-state index contributed by atoms with van der Waals surface area (Å²) in [6.07, 6.45) is 2.84. The number of nitrogens with zero attached hydrogens (tertiary/aromatic N) is 2. The van der Waals surface area contributed by atoms with E-state index in [1.165, 1.54) is 32.9 Å². The van der Waals surface area contributed by atoms with Crippen LogP contribution in [0.1, 0.15) is 56.9 Å². The quantitative estimate of drug-likeness (QED) is 0.192. The number of aliphatic carboxylic acids is 1. The summed E-state index contributed by atoms with van der Waals surface area (Å²) in [5.74, 6) is -1.49. The van der Waals surface area contributed by atoms with Gasteiger partial charge in [-0.2, -0.15) is 10.5 Å². The van der Waals surface area contributed by atoms with Crippen LogP contribution in [-0.2, 0) is 19.2 Å². The maximum atomic E-state index is 11.6. The number of ether oxygens (including phenoxy) is 2. The van der Waals surface area contributed by atoms with E-state index in [9.17, 15) is 19.2 Å². The second-order valence-electron chi connectivity index (χ2n) is 10.1. The van der Waals surface area contributed by atoms with Gasteiger partial charge in [-0.05, 0) is 76.5 Å². The predicted octanol–water partition coefficient (Wildman–Crippen LogP) is 2.72. The highest BCUT2D eigenvalue weighted by molar-refractivity contribution is 6.01. The van der Waals surface area contributed by atoms with Gasteiger partial charge in [0.05, 0.1) is 29.0 Å². The number of carboxylic acids is 1. The van der Waals surface area contributed by atoms with E-state index >= 15 is 0 Å². The van der Waals surface area contributed by atoms with Gasteiger partial charge in [0.25, 0.3) is 0 Å². The molecule has 2 atom stereocenters. The van der Waals surface area contributed by atoms with E-state index in [4.69, 9.17) is 25.1 Å². The van der Waals surface area contributed by atoms with Gasteiger partial charge in [-0.25, -0.2) is 4.79 Å². The SMILES string of the molecule is CNC(C)COc1cc(C#N)ccc1/C=C(\NC(C)=O)C(=O)O.CNC(C)COc1cc(C#N)ccc1/C=C(\NC(C)=O)C(C)=O. The zero-order valence-corrected chi connectivity index (χ0v) is 27.0. The second-order valence-corrected chi connectivity index (χ2v) is 10.1. The van der Waals surface area contributed by atoms with Crippen LogP contribution in [0.5, 0.6) is 11.5 Å². The number of rotatable bonds is 14. The molecule has 0 spiro atoms. The largest absolute Gasteiger partial charge is 0.491 e. The summed E-state index contributed by atoms with van der Waals surface area (Å²) in [6, 6.07) is 13.8. The van der Waals surface area contributed by atoms with Crippen molar-refractivity contribution in [2.45, 2.75) is 46.7 Å². The fourth-order valence-corrected chi connectivity index (χ4v) is 3.36. The van der Waals surface area contributed by atoms with Gasteiger partial charge in [0.2, 0.25) is 11.8 Å². The highest BCUT2D eigenvalue weighted by Gasteiger charge is 2.13. The molecule has 244 valence electrons. The first-order valence-electron chi connectivity index (χ1n) is 14.2. The van der Waals surface area contributed by atoms with Gasteiger partial charge < -0.3 is 35.8 Å². The smallest absolute Gasteiger partial charge is 0.352 e. The van der Waals surface area contributed by atoms with Gasteiger partial charge in [0.15, 0.2) is 5.78 Å². The van der Waals surface area contributed by atoms with Crippen LogP contribution in [0.2, 0.25) is 0 Å². The molecule has 0 aliphatic heterocycles. The van der Waals surface area contributed by atoms with Crippen molar-refractivity contribution < 1.29 is 33.8 Å². The van der Waals surface area contributed by atoms with Crippen LogP contribution in [0.25, 0.3) is 12.2 Å². The fourth-order valence-electron chi connectivity index (χ4n) is 3.36. The number of benzene rings is 2. The lowest BCUT2D eigenvalue weighted by molar-refractivity contribution is -0.134. The molecule has 13 heteroatoms. The van der Waals surface area contributed by atoms with E-state index in [0.717, 1.165) is 0 Å². The number of hydrogen-bond acceptors (Lipinski definition) is 10. The Labute approximate surface area is 268 Å². The summed E-state index contributed by atoms with van der Waals surface area (Å²) in [4.78, 5) is 45.1. The summed E-state index contributed by atoms with van der Waals surface area (Å²) >= 11 is 0. The van der Waals surface area contributed by atoms with Gasteiger partial charge in [-0.3, -0.25) is 14.4 Å². The van der Waals surface area contributed by atoms with Crippen molar-refractivity contribution in [3.63, 3.8) is 0 Å². The molecule has 0 fully saturated rings. The summed E-state index contributed by atoms with van der Waals surface area (Å²) in [5, 5.41) is 38.0. The van der Waals surface area contributed by atoms with Crippen molar-refractivity contribution in [1.82, 2.24) is 21.3 Å². The average molecular weight is 633 g/mol. The number of nitriles is 2. The van der Waals surface area contributed by atoms with E-state index in [-0.39, 0.29) is 35.2 Å². The fraction of sp³-hybridized carbons (Fsp3) is 0.333. The predicted molar refractivity (Wildman–Crippen MR) is 172 cm³/mol. The Morgan fingerprint density at radius 1 is 0.761 bits per heavy atom. The highest BCUT2D eigenvalue weighted by Crippen LogP contribution is 2.24. The topological polar surface area (TPSA) is 203 Å². The summed E-state index contributed by atoms with van der Waals surface area (Å²) < 4.78 is 11.4. The number of carbonyl (C=O) groups is 4. The molecule has 2 amide bonds. The van der Waals surface area contributed by atoms with Crippen molar-refractivity contribution in [2.75, 3.05) is 27.3 Å². The first-order chi connectivity index (χ1) is 21.7. The molecule has 0 radical (unpaired) electrons. The molecule has 2 unspecified atom stereocenters. The Bertz CT molecular complexity index is 1440. The minimum atomic E-state index is -1.26. The maximum Gasteiger partial charge on any atom is 0.352 e. The van der Waals surface area contributed by atoms with Gasteiger partial charge >= 0.3 is 5.97 Å². The lowest BCUT2D eigenvalue weighted by Crippen LogP contribution is -2.28.